The number of nitrogens with zero attached hydrogens (tertiary/aromatic N) is 2. The Morgan fingerprint density at radius 1 is 0.974 bits per heavy atom. The zero-order chi connectivity index (χ0) is 28.5. The van der Waals surface area contributed by atoms with Gasteiger partial charge in [-0.1, -0.05) is 31.4 Å². The average molecular weight is 548 g/mol. The Morgan fingerprint density at radius 3 is 2.13 bits per heavy atom. The molecule has 0 radical (unpaired) electrons. The van der Waals surface area contributed by atoms with Gasteiger partial charge in [0.2, 0.25) is 5.91 Å². The lowest BCUT2D eigenvalue weighted by molar-refractivity contribution is -0.159. The van der Waals surface area contributed by atoms with Gasteiger partial charge in [-0.15, -0.1) is 0 Å². The fourth-order valence-electron chi connectivity index (χ4n) is 6.36. The quantitative estimate of drug-likeness (QED) is 0.286. The molecule has 6 N–H and O–H groups in total. The maximum atomic E-state index is 12.8. The number of amides is 2. The predicted octanol–water partition coefficient (Wildman–Crippen LogP) is 1.41. The summed E-state index contributed by atoms with van der Waals surface area (Å²) in [5, 5.41) is 34.1. The van der Waals surface area contributed by atoms with E-state index < -0.39 is 24.6 Å². The summed E-state index contributed by atoms with van der Waals surface area (Å²) in [5.74, 6) is -3.45. The number of carbonyl (C=O) groups is 4. The predicted molar refractivity (Wildman–Crippen MR) is 142 cm³/mol. The highest BCUT2D eigenvalue weighted by Gasteiger charge is 2.41. The molecule has 2 bridgehead atoms. The number of hydrogen-bond donors (Lipinski definition) is 5. The van der Waals surface area contributed by atoms with Crippen LogP contribution >= 0.6 is 0 Å². The molecular weight excluding hydrogens is 506 g/mol. The third-order valence-corrected chi connectivity index (χ3v) is 8.31. The highest BCUT2D eigenvalue weighted by Crippen LogP contribution is 2.43. The molecule has 39 heavy (non-hydrogen) atoms. The van der Waals surface area contributed by atoms with E-state index in [1.807, 2.05) is 12.1 Å². The molecule has 2 amide bonds. The van der Waals surface area contributed by atoms with Crippen LogP contribution in [-0.4, -0.2) is 98.4 Å². The van der Waals surface area contributed by atoms with Crippen molar-refractivity contribution in [1.29, 1.82) is 0 Å². The average Bonchev–Trinajstić information content (AvgIpc) is 3.17. The van der Waals surface area contributed by atoms with Gasteiger partial charge in [0.15, 0.2) is 6.10 Å². The number of carboxylic acid groups (broad SMARTS) is 2. The van der Waals surface area contributed by atoms with Crippen molar-refractivity contribution < 1.29 is 39.6 Å². The molecule has 4 atom stereocenters. The Labute approximate surface area is 228 Å². The Kier molecular flexibility index (Phi) is 11.3. The van der Waals surface area contributed by atoms with E-state index in [0.29, 0.717) is 42.6 Å². The van der Waals surface area contributed by atoms with Gasteiger partial charge in [-0.25, -0.2) is 9.59 Å². The number of rotatable bonds is 9. The van der Waals surface area contributed by atoms with Gasteiger partial charge in [-0.05, 0) is 68.1 Å². The number of carbonyl (C=O) groups excluding carboxylic acids is 2. The smallest absolute Gasteiger partial charge is 0.414 e. The number of piperidine rings is 1. The second kappa shape index (κ2) is 14.4. The summed E-state index contributed by atoms with van der Waals surface area (Å²) in [6.45, 7) is 1.56. The van der Waals surface area contributed by atoms with E-state index in [1.165, 1.54) is 24.8 Å². The summed E-state index contributed by atoms with van der Waals surface area (Å²) in [7, 11) is 0. The highest BCUT2D eigenvalue weighted by atomic mass is 16.4. The van der Waals surface area contributed by atoms with Crippen LogP contribution in [0.2, 0.25) is 0 Å². The molecule has 0 spiro atoms. The molecule has 2 aliphatic heterocycles. The van der Waals surface area contributed by atoms with Gasteiger partial charge in [0.05, 0.1) is 6.61 Å². The van der Waals surface area contributed by atoms with Crippen molar-refractivity contribution in [1.82, 2.24) is 9.80 Å². The number of fused-ring (bicyclic) bond motifs is 2. The van der Waals surface area contributed by atoms with Crippen LogP contribution in [0.25, 0.3) is 0 Å². The maximum Gasteiger partial charge on any atom is 0.414 e. The number of primary amides is 1. The number of aliphatic hydroxyl groups excluding tert-OH is 2. The molecule has 2 saturated heterocycles. The zero-order valence-corrected chi connectivity index (χ0v) is 22.3. The number of carboxylic acids is 2. The zero-order valence-electron chi connectivity index (χ0n) is 22.3. The van der Waals surface area contributed by atoms with E-state index in [9.17, 15) is 19.8 Å². The van der Waals surface area contributed by atoms with Crippen molar-refractivity contribution >= 4 is 23.8 Å². The monoisotopic (exact) mass is 547 g/mol. The molecule has 1 saturated carbocycles. The Hall–Kier alpha value is -3.02. The highest BCUT2D eigenvalue weighted by molar-refractivity contribution is 6.27. The van der Waals surface area contributed by atoms with E-state index in [0.717, 1.165) is 45.1 Å². The molecule has 1 aromatic rings. The normalized spacial score (nSPS) is 23.8. The topological polar surface area (TPSA) is 182 Å². The fraction of sp³-hybridized carbons (Fsp3) is 0.643. The lowest BCUT2D eigenvalue weighted by Gasteiger charge is -2.40. The summed E-state index contributed by atoms with van der Waals surface area (Å²) >= 11 is 0. The van der Waals surface area contributed by atoms with E-state index >= 15 is 0 Å². The van der Waals surface area contributed by atoms with Crippen LogP contribution in [-0.2, 0) is 14.4 Å². The van der Waals surface area contributed by atoms with Gasteiger partial charge in [-0.3, -0.25) is 14.5 Å². The van der Waals surface area contributed by atoms with Crippen molar-refractivity contribution in [3.05, 3.63) is 35.4 Å². The molecule has 11 nitrogen and oxygen atoms in total. The van der Waals surface area contributed by atoms with Crippen molar-refractivity contribution in [2.45, 2.75) is 81.9 Å². The molecule has 11 heteroatoms. The Bertz CT molecular complexity index is 986. The minimum Gasteiger partial charge on any atom is -0.473 e. The number of benzene rings is 1. The minimum atomic E-state index is -1.82. The van der Waals surface area contributed by atoms with Crippen LogP contribution in [0.5, 0.6) is 0 Å². The van der Waals surface area contributed by atoms with Crippen LogP contribution in [0, 0.1) is 5.92 Å². The van der Waals surface area contributed by atoms with Crippen molar-refractivity contribution in [2.75, 3.05) is 26.2 Å². The SMILES string of the molecule is NC(=O)c1cccc([C@H]2C[C@H]3CC[C@@H](C2)N3CCN(CC2CCCCC2)C(=O)[C@@H](O)CO)c1.O=C(O)C(=O)O. The Morgan fingerprint density at radius 2 is 1.59 bits per heavy atom. The molecule has 1 aliphatic carbocycles. The van der Waals surface area contributed by atoms with Crippen molar-refractivity contribution in [3.8, 4) is 0 Å². The maximum absolute atomic E-state index is 12.8. The first kappa shape index (κ1) is 30.5. The third kappa shape index (κ3) is 8.48. The number of hydrogen-bond acceptors (Lipinski definition) is 7. The summed E-state index contributed by atoms with van der Waals surface area (Å²) in [6, 6.07) is 8.69. The minimum absolute atomic E-state index is 0.339. The van der Waals surface area contributed by atoms with E-state index in [2.05, 4.69) is 11.0 Å². The number of nitrogens with two attached hydrogens (primary N) is 1. The van der Waals surface area contributed by atoms with Crippen molar-refractivity contribution in [3.63, 3.8) is 0 Å². The van der Waals surface area contributed by atoms with E-state index in [-0.39, 0.29) is 11.8 Å². The van der Waals surface area contributed by atoms with Gasteiger partial charge in [-0.2, -0.15) is 0 Å². The summed E-state index contributed by atoms with van der Waals surface area (Å²) in [4.78, 5) is 46.9. The lowest BCUT2D eigenvalue weighted by atomic mass is 9.84. The molecule has 216 valence electrons. The molecule has 0 unspecified atom stereocenters. The standard InChI is InChI=1S/C26H39N3O4.C2H2O4/c27-25(32)20-8-4-7-19(13-20)21-14-22-9-10-23(15-21)29(22)12-11-28(26(33)24(31)17-30)16-18-5-2-1-3-6-18;3-1(4)2(5)6/h4,7-8,13,18,21-24,30-31H,1-3,5-6,9-12,14-17H2,(H2,27,32);(H,3,4)(H,5,6)/t21-,22+,23-,24-;/m0./s1. The Balaban J connectivity index is 0.000000631. The van der Waals surface area contributed by atoms with Crippen LogP contribution in [0.3, 0.4) is 0 Å². The molecule has 4 rings (SSSR count). The number of aliphatic hydroxyl groups is 2. The second-order valence-electron chi connectivity index (χ2n) is 10.9. The molecular formula is C28H41N3O8. The first-order valence-corrected chi connectivity index (χ1v) is 13.8. The molecule has 0 aromatic heterocycles. The largest absolute Gasteiger partial charge is 0.473 e. The van der Waals surface area contributed by atoms with Gasteiger partial charge in [0.1, 0.15) is 0 Å². The summed E-state index contributed by atoms with van der Waals surface area (Å²) in [5.41, 5.74) is 7.25. The number of aliphatic carboxylic acids is 2. The van der Waals surface area contributed by atoms with E-state index in [4.69, 9.17) is 25.5 Å². The summed E-state index contributed by atoms with van der Waals surface area (Å²) in [6.07, 6.45) is 9.06. The molecule has 1 aromatic carbocycles. The molecule has 2 heterocycles. The fourth-order valence-corrected chi connectivity index (χ4v) is 6.36. The first-order chi connectivity index (χ1) is 18.6. The second-order valence-corrected chi connectivity index (χ2v) is 10.9. The molecule has 3 fully saturated rings. The lowest BCUT2D eigenvalue weighted by Crippen LogP contribution is -2.50. The van der Waals surface area contributed by atoms with Gasteiger partial charge in [0.25, 0.3) is 5.91 Å². The van der Waals surface area contributed by atoms with Crippen LogP contribution in [0.15, 0.2) is 24.3 Å². The van der Waals surface area contributed by atoms with Gasteiger partial charge in [0, 0.05) is 37.3 Å². The van der Waals surface area contributed by atoms with Gasteiger partial charge >= 0.3 is 11.9 Å². The van der Waals surface area contributed by atoms with E-state index in [1.54, 1.807) is 11.0 Å². The third-order valence-electron chi connectivity index (χ3n) is 8.31. The van der Waals surface area contributed by atoms with Crippen LogP contribution < -0.4 is 5.73 Å². The summed E-state index contributed by atoms with van der Waals surface area (Å²) < 4.78 is 0. The first-order valence-electron chi connectivity index (χ1n) is 13.8. The van der Waals surface area contributed by atoms with Gasteiger partial charge < -0.3 is 31.1 Å². The molecule has 3 aliphatic rings. The van der Waals surface area contributed by atoms with Crippen LogP contribution in [0.1, 0.15) is 79.6 Å². The van der Waals surface area contributed by atoms with Crippen LogP contribution in [0.4, 0.5) is 0 Å². The van der Waals surface area contributed by atoms with Crippen molar-refractivity contribution in [2.24, 2.45) is 11.7 Å².